The predicted octanol–water partition coefficient (Wildman–Crippen LogP) is 3.30. The summed E-state index contributed by atoms with van der Waals surface area (Å²) < 4.78 is 37.3. The summed E-state index contributed by atoms with van der Waals surface area (Å²) in [6.07, 6.45) is 1.33. The second-order valence-electron chi connectivity index (χ2n) is 7.24. The summed E-state index contributed by atoms with van der Waals surface area (Å²) in [7, 11) is -2.41. The Morgan fingerprint density at radius 3 is 2.34 bits per heavy atom. The molecule has 0 unspecified atom stereocenters. The van der Waals surface area contributed by atoms with E-state index in [1.165, 1.54) is 31.5 Å². The average Bonchev–Trinajstić information content (AvgIpc) is 2.84. The average molecular weight is 516 g/mol. The molecule has 2 N–H and O–H groups in total. The van der Waals surface area contributed by atoms with Gasteiger partial charge in [0.1, 0.15) is 0 Å². The van der Waals surface area contributed by atoms with Gasteiger partial charge in [-0.05, 0) is 67.1 Å². The lowest BCUT2D eigenvalue weighted by Gasteiger charge is -2.10. The molecule has 0 atom stereocenters. The zero-order chi connectivity index (χ0) is 25.4. The zero-order valence-corrected chi connectivity index (χ0v) is 20.4. The van der Waals surface area contributed by atoms with Crippen LogP contribution in [0.5, 0.6) is 11.5 Å². The molecule has 0 fully saturated rings. The predicted molar refractivity (Wildman–Crippen MR) is 132 cm³/mol. The number of nitrogens with zero attached hydrogens (tertiary/aromatic N) is 1. The number of hydrazone groups is 1. The third kappa shape index (κ3) is 7.38. The zero-order valence-electron chi connectivity index (χ0n) is 18.8. The highest BCUT2D eigenvalue weighted by molar-refractivity contribution is 7.89. The van der Waals surface area contributed by atoms with E-state index in [4.69, 9.17) is 21.1 Å². The first kappa shape index (κ1) is 25.9. The summed E-state index contributed by atoms with van der Waals surface area (Å²) in [4.78, 5) is 24.4. The van der Waals surface area contributed by atoms with Crippen molar-refractivity contribution in [3.63, 3.8) is 0 Å². The van der Waals surface area contributed by atoms with E-state index in [1.54, 1.807) is 48.5 Å². The molecule has 0 saturated carbocycles. The number of hydrogen-bond acceptors (Lipinski definition) is 7. The summed E-state index contributed by atoms with van der Waals surface area (Å²) in [5, 5.41) is 4.31. The molecular weight excluding hydrogens is 494 g/mol. The van der Waals surface area contributed by atoms with Crippen molar-refractivity contribution >= 4 is 39.7 Å². The second-order valence-corrected chi connectivity index (χ2v) is 9.44. The molecule has 11 heteroatoms. The van der Waals surface area contributed by atoms with Gasteiger partial charge in [-0.1, -0.05) is 29.3 Å². The van der Waals surface area contributed by atoms with Crippen LogP contribution in [0.25, 0.3) is 0 Å². The Morgan fingerprint density at radius 2 is 1.69 bits per heavy atom. The fourth-order valence-electron chi connectivity index (χ4n) is 2.77. The molecule has 1 amide bonds. The number of rotatable bonds is 9. The summed E-state index contributed by atoms with van der Waals surface area (Å²) >= 11 is 5.83. The maximum atomic E-state index is 12.3. The molecule has 9 nitrogen and oxygen atoms in total. The number of hydrogen-bond donors (Lipinski definition) is 2. The number of benzene rings is 3. The van der Waals surface area contributed by atoms with Crippen molar-refractivity contribution in [2.45, 2.75) is 11.8 Å². The third-order valence-electron chi connectivity index (χ3n) is 4.63. The first-order chi connectivity index (χ1) is 16.7. The van der Waals surface area contributed by atoms with E-state index < -0.39 is 28.4 Å². The van der Waals surface area contributed by atoms with Crippen molar-refractivity contribution in [3.05, 3.63) is 88.4 Å². The lowest BCUT2D eigenvalue weighted by Crippen LogP contribution is -2.34. The van der Waals surface area contributed by atoms with E-state index in [9.17, 15) is 18.0 Å². The van der Waals surface area contributed by atoms with Gasteiger partial charge in [0.05, 0.1) is 30.3 Å². The summed E-state index contributed by atoms with van der Waals surface area (Å²) in [5.74, 6) is -0.772. The normalized spacial score (nSPS) is 11.3. The van der Waals surface area contributed by atoms with E-state index >= 15 is 0 Å². The quantitative estimate of drug-likeness (QED) is 0.195. The molecule has 0 aromatic heterocycles. The van der Waals surface area contributed by atoms with Gasteiger partial charge in [0.15, 0.2) is 11.5 Å². The first-order valence-electron chi connectivity index (χ1n) is 10.2. The van der Waals surface area contributed by atoms with Crippen molar-refractivity contribution in [1.29, 1.82) is 0 Å². The summed E-state index contributed by atoms with van der Waals surface area (Å²) in [5.41, 5.74) is 4.02. The number of halogens is 1. The van der Waals surface area contributed by atoms with Crippen LogP contribution < -0.4 is 19.6 Å². The van der Waals surface area contributed by atoms with Crippen LogP contribution in [0.1, 0.15) is 21.5 Å². The molecule has 3 aromatic rings. The van der Waals surface area contributed by atoms with Crippen LogP contribution in [0.3, 0.4) is 0 Å². The van der Waals surface area contributed by atoms with E-state index in [2.05, 4.69) is 15.2 Å². The molecule has 3 rings (SSSR count). The van der Waals surface area contributed by atoms with Gasteiger partial charge in [-0.3, -0.25) is 4.79 Å². The highest BCUT2D eigenvalue weighted by Crippen LogP contribution is 2.28. The van der Waals surface area contributed by atoms with Crippen molar-refractivity contribution in [2.75, 3.05) is 13.7 Å². The van der Waals surface area contributed by atoms with Gasteiger partial charge in [-0.2, -0.15) is 5.10 Å². The number of carbonyl (C=O) groups is 2. The third-order valence-corrected chi connectivity index (χ3v) is 6.30. The molecule has 0 radical (unpaired) electrons. The Balaban J connectivity index is 1.56. The number of ether oxygens (including phenoxy) is 2. The molecule has 182 valence electrons. The fourth-order valence-corrected chi connectivity index (χ4v) is 3.88. The van der Waals surface area contributed by atoms with E-state index in [0.717, 1.165) is 5.56 Å². The summed E-state index contributed by atoms with van der Waals surface area (Å²) in [6.45, 7) is 1.35. The van der Waals surface area contributed by atoms with Crippen LogP contribution >= 0.6 is 11.6 Å². The maximum Gasteiger partial charge on any atom is 0.343 e. The van der Waals surface area contributed by atoms with Gasteiger partial charge in [0, 0.05) is 5.02 Å². The monoisotopic (exact) mass is 515 g/mol. The van der Waals surface area contributed by atoms with Gasteiger partial charge >= 0.3 is 5.97 Å². The molecule has 35 heavy (non-hydrogen) atoms. The highest BCUT2D eigenvalue weighted by atomic mass is 35.5. The van der Waals surface area contributed by atoms with Crippen LogP contribution in [0, 0.1) is 6.92 Å². The molecular formula is C24H22ClN3O6S. The molecule has 0 saturated heterocycles. The Kier molecular flexibility index (Phi) is 8.58. The van der Waals surface area contributed by atoms with Gasteiger partial charge < -0.3 is 9.47 Å². The SMILES string of the molecule is COc1cc(/C=N\NC(=O)CNS(=O)(=O)c2ccc(C)cc2)ccc1OC(=O)c1ccc(Cl)cc1. The number of nitrogens with one attached hydrogen (secondary N) is 2. The topological polar surface area (TPSA) is 123 Å². The van der Waals surface area contributed by atoms with E-state index in [0.29, 0.717) is 16.1 Å². The van der Waals surface area contributed by atoms with Crippen LogP contribution in [-0.4, -0.2) is 40.2 Å². The molecule has 0 aliphatic carbocycles. The molecule has 0 bridgehead atoms. The van der Waals surface area contributed by atoms with Gasteiger partial charge in [-0.15, -0.1) is 0 Å². The van der Waals surface area contributed by atoms with Crippen molar-refractivity contribution in [2.24, 2.45) is 5.10 Å². The van der Waals surface area contributed by atoms with E-state index in [1.807, 2.05) is 6.92 Å². The summed E-state index contributed by atoms with van der Waals surface area (Å²) in [6, 6.07) is 17.2. The van der Waals surface area contributed by atoms with Crippen LogP contribution in [0.15, 0.2) is 76.7 Å². The van der Waals surface area contributed by atoms with Crippen molar-refractivity contribution < 1.29 is 27.5 Å². The van der Waals surface area contributed by atoms with Crippen molar-refractivity contribution in [3.8, 4) is 11.5 Å². The molecule has 0 heterocycles. The highest BCUT2D eigenvalue weighted by Gasteiger charge is 2.15. The number of aryl methyl sites for hydroxylation is 1. The second kappa shape index (κ2) is 11.6. The van der Waals surface area contributed by atoms with Gasteiger partial charge in [0.2, 0.25) is 10.0 Å². The van der Waals surface area contributed by atoms with Crippen LogP contribution in [0.2, 0.25) is 5.02 Å². The Morgan fingerprint density at radius 1 is 1.00 bits per heavy atom. The Hall–Kier alpha value is -3.73. The Labute approximate surface area is 207 Å². The number of methoxy groups -OCH3 is 1. The largest absolute Gasteiger partial charge is 0.493 e. The number of sulfonamides is 1. The van der Waals surface area contributed by atoms with E-state index in [-0.39, 0.29) is 16.4 Å². The molecule has 3 aromatic carbocycles. The van der Waals surface area contributed by atoms with Crippen molar-refractivity contribution in [1.82, 2.24) is 10.1 Å². The fraction of sp³-hybridized carbons (Fsp3) is 0.125. The number of amides is 1. The lowest BCUT2D eigenvalue weighted by molar-refractivity contribution is -0.119. The first-order valence-corrected chi connectivity index (χ1v) is 12.1. The van der Waals surface area contributed by atoms with Crippen LogP contribution in [-0.2, 0) is 14.8 Å². The molecule has 0 aliphatic rings. The minimum Gasteiger partial charge on any atom is -0.493 e. The standard InChI is InChI=1S/C24H22ClN3O6S/c1-16-3-10-20(11-4-16)35(31,32)27-15-23(29)28-26-14-17-5-12-21(22(13-17)33-2)34-24(30)18-6-8-19(25)9-7-18/h3-14,27H,15H2,1-2H3,(H,28,29)/b26-14-. The van der Waals surface area contributed by atoms with Gasteiger partial charge in [-0.25, -0.2) is 23.4 Å². The minimum absolute atomic E-state index is 0.0587. The van der Waals surface area contributed by atoms with Crippen LogP contribution in [0.4, 0.5) is 0 Å². The lowest BCUT2D eigenvalue weighted by atomic mass is 10.2. The molecule has 0 spiro atoms. The van der Waals surface area contributed by atoms with Gasteiger partial charge in [0.25, 0.3) is 5.91 Å². The number of esters is 1. The molecule has 0 aliphatic heterocycles. The smallest absolute Gasteiger partial charge is 0.343 e. The Bertz CT molecular complexity index is 1340. The maximum absolute atomic E-state index is 12.3. The minimum atomic E-state index is -3.82. The number of carbonyl (C=O) groups excluding carboxylic acids is 2.